The number of aromatic amines is 1. The average molecular weight is 331 g/mol. The monoisotopic (exact) mass is 331 g/mol. The largest absolute Gasteiger partial charge is 0.361 e. The molecular formula is C17H25N5O2. The van der Waals surface area contributed by atoms with Crippen LogP contribution in [0.1, 0.15) is 67.3 Å². The van der Waals surface area contributed by atoms with Crippen molar-refractivity contribution in [2.45, 2.75) is 58.5 Å². The number of piperidine rings is 1. The number of amides is 2. The van der Waals surface area contributed by atoms with E-state index in [4.69, 9.17) is 4.52 Å². The highest BCUT2D eigenvalue weighted by Gasteiger charge is 2.30. The van der Waals surface area contributed by atoms with E-state index in [1.54, 1.807) is 0 Å². The molecule has 1 aliphatic heterocycles. The van der Waals surface area contributed by atoms with Crippen LogP contribution in [0.15, 0.2) is 16.9 Å². The SMILES string of the molecule is CCC(NC(=O)N1CCCCC1c1cn[nH]c1)c1c(C)noc1C. The second-order valence-corrected chi connectivity index (χ2v) is 6.38. The molecule has 0 spiro atoms. The number of nitrogens with one attached hydrogen (secondary N) is 2. The molecule has 3 heterocycles. The smallest absolute Gasteiger partial charge is 0.318 e. The minimum absolute atomic E-state index is 0.0345. The number of rotatable bonds is 4. The van der Waals surface area contributed by atoms with Crippen molar-refractivity contribution >= 4 is 6.03 Å². The summed E-state index contributed by atoms with van der Waals surface area (Å²) in [5.74, 6) is 0.768. The molecule has 3 rings (SSSR count). The third-order valence-corrected chi connectivity index (χ3v) is 4.81. The lowest BCUT2D eigenvalue weighted by Crippen LogP contribution is -2.45. The summed E-state index contributed by atoms with van der Waals surface area (Å²) in [5, 5.41) is 14.1. The average Bonchev–Trinajstić information content (AvgIpc) is 3.23. The van der Waals surface area contributed by atoms with Crippen LogP contribution < -0.4 is 5.32 Å². The highest BCUT2D eigenvalue weighted by molar-refractivity contribution is 5.75. The lowest BCUT2D eigenvalue weighted by molar-refractivity contribution is 0.148. The molecule has 2 aromatic heterocycles. The van der Waals surface area contributed by atoms with Crippen LogP contribution in [-0.2, 0) is 0 Å². The van der Waals surface area contributed by atoms with Gasteiger partial charge in [-0.1, -0.05) is 12.1 Å². The normalized spacial score (nSPS) is 19.3. The summed E-state index contributed by atoms with van der Waals surface area (Å²) < 4.78 is 5.26. The third kappa shape index (κ3) is 3.16. The number of likely N-dealkylation sites (tertiary alicyclic amines) is 1. The Bertz CT molecular complexity index is 660. The molecule has 1 fully saturated rings. The number of H-pyrrole nitrogens is 1. The molecule has 130 valence electrons. The molecule has 2 atom stereocenters. The Morgan fingerprint density at radius 3 is 2.96 bits per heavy atom. The number of carbonyl (C=O) groups excluding carboxylic acids is 1. The van der Waals surface area contributed by atoms with Crippen LogP contribution in [0.5, 0.6) is 0 Å². The molecule has 0 aromatic carbocycles. The summed E-state index contributed by atoms with van der Waals surface area (Å²) in [6.07, 6.45) is 7.60. The van der Waals surface area contributed by atoms with Gasteiger partial charge in [0.25, 0.3) is 0 Å². The van der Waals surface area contributed by atoms with Gasteiger partial charge in [-0.25, -0.2) is 4.79 Å². The van der Waals surface area contributed by atoms with Crippen molar-refractivity contribution in [3.05, 3.63) is 35.0 Å². The molecule has 0 aliphatic carbocycles. The van der Waals surface area contributed by atoms with E-state index in [-0.39, 0.29) is 18.1 Å². The van der Waals surface area contributed by atoms with Gasteiger partial charge in [-0.3, -0.25) is 5.10 Å². The molecule has 0 radical (unpaired) electrons. The van der Waals surface area contributed by atoms with Crippen molar-refractivity contribution in [1.29, 1.82) is 0 Å². The summed E-state index contributed by atoms with van der Waals surface area (Å²) >= 11 is 0. The van der Waals surface area contributed by atoms with E-state index >= 15 is 0 Å². The number of aryl methyl sites for hydroxylation is 2. The Balaban J connectivity index is 1.77. The van der Waals surface area contributed by atoms with E-state index in [0.29, 0.717) is 0 Å². The zero-order valence-corrected chi connectivity index (χ0v) is 14.5. The Kier molecular flexibility index (Phi) is 4.87. The lowest BCUT2D eigenvalue weighted by Gasteiger charge is -2.36. The van der Waals surface area contributed by atoms with Crippen LogP contribution in [0.4, 0.5) is 4.79 Å². The molecule has 7 nitrogen and oxygen atoms in total. The molecule has 1 aliphatic rings. The molecule has 2 N–H and O–H groups in total. The Hall–Kier alpha value is -2.31. The Morgan fingerprint density at radius 1 is 1.50 bits per heavy atom. The van der Waals surface area contributed by atoms with Gasteiger partial charge in [-0.05, 0) is 39.5 Å². The molecule has 2 aromatic rings. The van der Waals surface area contributed by atoms with Crippen molar-refractivity contribution in [3.63, 3.8) is 0 Å². The number of aromatic nitrogens is 3. The molecule has 2 amide bonds. The zero-order chi connectivity index (χ0) is 17.1. The fourth-order valence-electron chi connectivity index (χ4n) is 3.56. The van der Waals surface area contributed by atoms with Gasteiger partial charge in [-0.15, -0.1) is 0 Å². The van der Waals surface area contributed by atoms with Gasteiger partial charge >= 0.3 is 6.03 Å². The van der Waals surface area contributed by atoms with Gasteiger partial charge in [0.15, 0.2) is 0 Å². The number of nitrogens with zero attached hydrogens (tertiary/aromatic N) is 3. The number of hydrogen-bond acceptors (Lipinski definition) is 4. The van der Waals surface area contributed by atoms with Gasteiger partial charge in [0.05, 0.1) is 24.0 Å². The van der Waals surface area contributed by atoms with E-state index in [1.807, 2.05) is 31.1 Å². The van der Waals surface area contributed by atoms with Gasteiger partial charge in [0.2, 0.25) is 0 Å². The molecule has 7 heteroatoms. The zero-order valence-electron chi connectivity index (χ0n) is 14.5. The first kappa shape index (κ1) is 16.5. The van der Waals surface area contributed by atoms with E-state index in [2.05, 4.69) is 27.6 Å². The second kappa shape index (κ2) is 7.07. The molecule has 0 bridgehead atoms. The predicted molar refractivity (Wildman–Crippen MR) is 89.4 cm³/mol. The first-order valence-electron chi connectivity index (χ1n) is 8.60. The standard InChI is InChI=1S/C17H25N5O2/c1-4-14(16-11(2)21-24-12(16)3)20-17(23)22-8-6-5-7-15(22)13-9-18-19-10-13/h9-10,14-15H,4-8H2,1-3H3,(H,18,19)(H,20,23). The molecule has 2 unspecified atom stereocenters. The quantitative estimate of drug-likeness (QED) is 0.899. The Labute approximate surface area is 141 Å². The van der Waals surface area contributed by atoms with E-state index in [0.717, 1.165) is 54.8 Å². The minimum atomic E-state index is -0.0873. The fourth-order valence-corrected chi connectivity index (χ4v) is 3.56. The summed E-state index contributed by atoms with van der Waals surface area (Å²) in [4.78, 5) is 14.8. The fraction of sp³-hybridized carbons (Fsp3) is 0.588. The van der Waals surface area contributed by atoms with Crippen molar-refractivity contribution in [3.8, 4) is 0 Å². The second-order valence-electron chi connectivity index (χ2n) is 6.38. The van der Waals surface area contributed by atoms with Crippen LogP contribution in [0, 0.1) is 13.8 Å². The van der Waals surface area contributed by atoms with Crippen molar-refractivity contribution in [2.24, 2.45) is 0 Å². The third-order valence-electron chi connectivity index (χ3n) is 4.81. The van der Waals surface area contributed by atoms with Crippen LogP contribution in [0.25, 0.3) is 0 Å². The van der Waals surface area contributed by atoms with Crippen molar-refractivity contribution in [2.75, 3.05) is 6.54 Å². The first-order valence-corrected chi connectivity index (χ1v) is 8.60. The molecule has 24 heavy (non-hydrogen) atoms. The number of hydrogen-bond donors (Lipinski definition) is 2. The topological polar surface area (TPSA) is 87.0 Å². The maximum atomic E-state index is 12.9. The maximum absolute atomic E-state index is 12.9. The summed E-state index contributed by atoms with van der Waals surface area (Å²) in [6.45, 7) is 6.62. The summed E-state index contributed by atoms with van der Waals surface area (Å²) in [6, 6.07) is -0.0388. The predicted octanol–water partition coefficient (Wildman–Crippen LogP) is 3.40. The number of carbonyl (C=O) groups is 1. The maximum Gasteiger partial charge on any atom is 0.318 e. The van der Waals surface area contributed by atoms with Crippen LogP contribution >= 0.6 is 0 Å². The van der Waals surface area contributed by atoms with Crippen molar-refractivity contribution in [1.82, 2.24) is 25.6 Å². The van der Waals surface area contributed by atoms with Gasteiger partial charge in [0, 0.05) is 23.9 Å². The molecular weight excluding hydrogens is 306 g/mol. The van der Waals surface area contributed by atoms with Gasteiger partial charge in [-0.2, -0.15) is 5.10 Å². The van der Waals surface area contributed by atoms with E-state index < -0.39 is 0 Å². The van der Waals surface area contributed by atoms with E-state index in [9.17, 15) is 4.79 Å². The van der Waals surface area contributed by atoms with Crippen LogP contribution in [-0.4, -0.2) is 32.8 Å². The van der Waals surface area contributed by atoms with Crippen molar-refractivity contribution < 1.29 is 9.32 Å². The van der Waals surface area contributed by atoms with E-state index in [1.165, 1.54) is 0 Å². The first-order chi connectivity index (χ1) is 11.6. The number of urea groups is 1. The lowest BCUT2D eigenvalue weighted by atomic mass is 9.97. The minimum Gasteiger partial charge on any atom is -0.361 e. The summed E-state index contributed by atoms with van der Waals surface area (Å²) in [7, 11) is 0. The van der Waals surface area contributed by atoms with Gasteiger partial charge in [0.1, 0.15) is 5.76 Å². The molecule has 0 saturated carbocycles. The highest BCUT2D eigenvalue weighted by atomic mass is 16.5. The van der Waals surface area contributed by atoms with Crippen LogP contribution in [0.3, 0.4) is 0 Å². The highest BCUT2D eigenvalue weighted by Crippen LogP contribution is 2.31. The van der Waals surface area contributed by atoms with Gasteiger partial charge < -0.3 is 14.7 Å². The van der Waals surface area contributed by atoms with Crippen LogP contribution in [0.2, 0.25) is 0 Å². The molecule has 1 saturated heterocycles. The summed E-state index contributed by atoms with van der Waals surface area (Å²) in [5.41, 5.74) is 2.89. The Morgan fingerprint density at radius 2 is 2.33 bits per heavy atom.